The van der Waals surface area contributed by atoms with Crippen LogP contribution in [0.5, 0.6) is 0 Å². The SMILES string of the molecule is CC(Nc1cc(Br)ccc1C#N)c1ccc(N(C)C)cc1. The maximum atomic E-state index is 9.18. The second-order valence-electron chi connectivity index (χ2n) is 5.15. The third-order valence-corrected chi connectivity index (χ3v) is 3.88. The van der Waals surface area contributed by atoms with Gasteiger partial charge in [-0.1, -0.05) is 28.1 Å². The van der Waals surface area contributed by atoms with Crippen LogP contribution in [-0.2, 0) is 0 Å². The fraction of sp³-hybridized carbons (Fsp3) is 0.235. The largest absolute Gasteiger partial charge is 0.378 e. The fourth-order valence-corrected chi connectivity index (χ4v) is 2.47. The predicted octanol–water partition coefficient (Wildman–Crippen LogP) is 4.56. The topological polar surface area (TPSA) is 39.1 Å². The Bertz CT molecular complexity index is 657. The number of nitrogens with zero attached hydrogens (tertiary/aromatic N) is 2. The van der Waals surface area contributed by atoms with Crippen LogP contribution in [0, 0.1) is 11.3 Å². The van der Waals surface area contributed by atoms with Gasteiger partial charge in [0.25, 0.3) is 0 Å². The lowest BCUT2D eigenvalue weighted by Gasteiger charge is -2.18. The van der Waals surface area contributed by atoms with Crippen LogP contribution in [0.15, 0.2) is 46.9 Å². The molecule has 0 amide bonds. The highest BCUT2D eigenvalue weighted by Gasteiger charge is 2.09. The summed E-state index contributed by atoms with van der Waals surface area (Å²) >= 11 is 3.44. The zero-order valence-electron chi connectivity index (χ0n) is 12.4. The second-order valence-corrected chi connectivity index (χ2v) is 6.07. The van der Waals surface area contributed by atoms with Crippen molar-refractivity contribution in [3.63, 3.8) is 0 Å². The van der Waals surface area contributed by atoms with Crippen LogP contribution >= 0.6 is 15.9 Å². The second kappa shape index (κ2) is 6.64. The fourth-order valence-electron chi connectivity index (χ4n) is 2.11. The van der Waals surface area contributed by atoms with Crippen LogP contribution in [0.25, 0.3) is 0 Å². The van der Waals surface area contributed by atoms with Gasteiger partial charge >= 0.3 is 0 Å². The average molecular weight is 344 g/mol. The molecule has 3 nitrogen and oxygen atoms in total. The standard InChI is InChI=1S/C17H18BrN3/c1-12(13-5-8-16(9-6-13)21(2)3)20-17-10-15(18)7-4-14(17)11-19/h4-10,12,20H,1-3H3. The summed E-state index contributed by atoms with van der Waals surface area (Å²) in [6, 6.07) is 16.4. The molecule has 2 aromatic carbocycles. The first-order chi connectivity index (χ1) is 10.0. The predicted molar refractivity (Wildman–Crippen MR) is 91.7 cm³/mol. The third kappa shape index (κ3) is 3.77. The number of benzene rings is 2. The van der Waals surface area contributed by atoms with E-state index in [2.05, 4.69) is 63.4 Å². The van der Waals surface area contributed by atoms with Crippen LogP contribution in [0.3, 0.4) is 0 Å². The molecule has 0 spiro atoms. The van der Waals surface area contributed by atoms with Crippen molar-refractivity contribution >= 4 is 27.3 Å². The van der Waals surface area contributed by atoms with Crippen molar-refractivity contribution in [1.29, 1.82) is 5.26 Å². The number of hydrogen-bond acceptors (Lipinski definition) is 3. The van der Waals surface area contributed by atoms with Gasteiger partial charge < -0.3 is 10.2 Å². The summed E-state index contributed by atoms with van der Waals surface area (Å²) in [4.78, 5) is 2.07. The van der Waals surface area contributed by atoms with Crippen molar-refractivity contribution in [3.8, 4) is 6.07 Å². The molecule has 1 N–H and O–H groups in total. The van der Waals surface area contributed by atoms with Gasteiger partial charge in [-0.2, -0.15) is 5.26 Å². The van der Waals surface area contributed by atoms with Crippen LogP contribution in [0.1, 0.15) is 24.1 Å². The first-order valence-corrected chi connectivity index (χ1v) is 7.54. The molecule has 1 atom stereocenters. The quantitative estimate of drug-likeness (QED) is 0.884. The molecule has 0 aliphatic rings. The van der Waals surface area contributed by atoms with E-state index in [-0.39, 0.29) is 6.04 Å². The molecule has 2 rings (SSSR count). The number of rotatable bonds is 4. The van der Waals surface area contributed by atoms with E-state index in [0.717, 1.165) is 10.2 Å². The summed E-state index contributed by atoms with van der Waals surface area (Å²) < 4.78 is 0.958. The van der Waals surface area contributed by atoms with Gasteiger partial charge in [0.1, 0.15) is 6.07 Å². The Labute approximate surface area is 134 Å². The first-order valence-electron chi connectivity index (χ1n) is 6.74. The van der Waals surface area contributed by atoms with Crippen LogP contribution in [0.4, 0.5) is 11.4 Å². The summed E-state index contributed by atoms with van der Waals surface area (Å²) in [5.74, 6) is 0. The molecular weight excluding hydrogens is 326 g/mol. The van der Waals surface area contributed by atoms with Crippen molar-refractivity contribution in [2.75, 3.05) is 24.3 Å². The average Bonchev–Trinajstić information content (AvgIpc) is 2.47. The molecule has 0 heterocycles. The normalized spacial score (nSPS) is 11.6. The van der Waals surface area contributed by atoms with Crippen molar-refractivity contribution < 1.29 is 0 Å². The highest BCUT2D eigenvalue weighted by atomic mass is 79.9. The molecule has 0 fully saturated rings. The minimum absolute atomic E-state index is 0.127. The van der Waals surface area contributed by atoms with E-state index in [0.29, 0.717) is 5.56 Å². The number of anilines is 2. The van der Waals surface area contributed by atoms with Crippen LogP contribution < -0.4 is 10.2 Å². The smallest absolute Gasteiger partial charge is 0.101 e. The summed E-state index contributed by atoms with van der Waals surface area (Å²) in [5.41, 5.74) is 3.85. The first kappa shape index (κ1) is 15.4. The van der Waals surface area contributed by atoms with E-state index < -0.39 is 0 Å². The third-order valence-electron chi connectivity index (χ3n) is 3.38. The highest BCUT2D eigenvalue weighted by Crippen LogP contribution is 2.26. The molecule has 0 bridgehead atoms. The molecule has 0 radical (unpaired) electrons. The van der Waals surface area contributed by atoms with Gasteiger partial charge in [-0.15, -0.1) is 0 Å². The molecule has 0 aliphatic heterocycles. The van der Waals surface area contributed by atoms with E-state index in [1.807, 2.05) is 32.3 Å². The van der Waals surface area contributed by atoms with Crippen molar-refractivity contribution in [2.24, 2.45) is 0 Å². The minimum Gasteiger partial charge on any atom is -0.378 e. The van der Waals surface area contributed by atoms with Gasteiger partial charge in [-0.25, -0.2) is 0 Å². The van der Waals surface area contributed by atoms with Crippen molar-refractivity contribution in [1.82, 2.24) is 0 Å². The summed E-state index contributed by atoms with van der Waals surface area (Å²) in [6.45, 7) is 2.09. The highest BCUT2D eigenvalue weighted by molar-refractivity contribution is 9.10. The number of hydrogen-bond donors (Lipinski definition) is 1. The van der Waals surface area contributed by atoms with Crippen molar-refractivity contribution in [3.05, 3.63) is 58.1 Å². The molecule has 2 aromatic rings. The molecule has 0 saturated carbocycles. The van der Waals surface area contributed by atoms with Gasteiger partial charge in [-0.05, 0) is 42.8 Å². The van der Waals surface area contributed by atoms with E-state index in [1.54, 1.807) is 0 Å². The maximum Gasteiger partial charge on any atom is 0.101 e. The van der Waals surface area contributed by atoms with Gasteiger partial charge in [0.15, 0.2) is 0 Å². The molecule has 4 heteroatoms. The van der Waals surface area contributed by atoms with E-state index in [4.69, 9.17) is 0 Å². The molecule has 1 unspecified atom stereocenters. The molecular formula is C17H18BrN3. The Morgan fingerprint density at radius 2 is 1.81 bits per heavy atom. The lowest BCUT2D eigenvalue weighted by atomic mass is 10.1. The van der Waals surface area contributed by atoms with Crippen molar-refractivity contribution in [2.45, 2.75) is 13.0 Å². The van der Waals surface area contributed by atoms with Gasteiger partial charge in [0.2, 0.25) is 0 Å². The number of nitrogens with one attached hydrogen (secondary N) is 1. The molecule has 0 saturated heterocycles. The van der Waals surface area contributed by atoms with Gasteiger partial charge in [-0.3, -0.25) is 0 Å². The number of nitriles is 1. The summed E-state index contributed by atoms with van der Waals surface area (Å²) in [6.07, 6.45) is 0. The molecule has 21 heavy (non-hydrogen) atoms. The zero-order valence-corrected chi connectivity index (χ0v) is 14.0. The molecule has 0 aromatic heterocycles. The lowest BCUT2D eigenvalue weighted by Crippen LogP contribution is -2.10. The monoisotopic (exact) mass is 343 g/mol. The van der Waals surface area contributed by atoms with E-state index in [9.17, 15) is 5.26 Å². The van der Waals surface area contributed by atoms with Gasteiger partial charge in [0.05, 0.1) is 11.3 Å². The Morgan fingerprint density at radius 3 is 2.38 bits per heavy atom. The van der Waals surface area contributed by atoms with Crippen LogP contribution in [0.2, 0.25) is 0 Å². The van der Waals surface area contributed by atoms with Gasteiger partial charge in [0, 0.05) is 30.3 Å². The Morgan fingerprint density at radius 1 is 1.14 bits per heavy atom. The Hall–Kier alpha value is -1.99. The summed E-state index contributed by atoms with van der Waals surface area (Å²) in [7, 11) is 4.05. The Kier molecular flexibility index (Phi) is 4.87. The molecule has 0 aliphatic carbocycles. The maximum absolute atomic E-state index is 9.18. The Balaban J connectivity index is 2.20. The summed E-state index contributed by atoms with van der Waals surface area (Å²) in [5, 5.41) is 12.6. The number of halogens is 1. The van der Waals surface area contributed by atoms with E-state index in [1.165, 1.54) is 11.3 Å². The van der Waals surface area contributed by atoms with Crippen LogP contribution in [-0.4, -0.2) is 14.1 Å². The molecule has 108 valence electrons. The minimum atomic E-state index is 0.127. The lowest BCUT2D eigenvalue weighted by molar-refractivity contribution is 0.883. The zero-order chi connectivity index (χ0) is 15.4. The van der Waals surface area contributed by atoms with E-state index >= 15 is 0 Å².